The van der Waals surface area contributed by atoms with Crippen molar-refractivity contribution in [1.29, 1.82) is 0 Å². The van der Waals surface area contributed by atoms with Crippen molar-refractivity contribution < 1.29 is 9.53 Å². The summed E-state index contributed by atoms with van der Waals surface area (Å²) in [5, 5.41) is 0. The highest BCUT2D eigenvalue weighted by atomic mass is 16.5. The molecule has 0 aromatic heterocycles. The van der Waals surface area contributed by atoms with Crippen molar-refractivity contribution >= 4 is 5.78 Å². The van der Waals surface area contributed by atoms with Crippen LogP contribution in [0.2, 0.25) is 0 Å². The summed E-state index contributed by atoms with van der Waals surface area (Å²) in [6.45, 7) is 0.683. The minimum Gasteiger partial charge on any atom is -0.497 e. The highest BCUT2D eigenvalue weighted by Crippen LogP contribution is 2.32. The summed E-state index contributed by atoms with van der Waals surface area (Å²) in [7, 11) is 5.68. The summed E-state index contributed by atoms with van der Waals surface area (Å²) in [6.07, 6.45) is 0.819. The fraction of sp³-hybridized carbons (Fsp3) is 0.269. The van der Waals surface area contributed by atoms with E-state index >= 15 is 0 Å². The number of nitrogens with zero attached hydrogens (tertiary/aromatic N) is 1. The van der Waals surface area contributed by atoms with Gasteiger partial charge in [-0.2, -0.15) is 0 Å². The molecule has 0 saturated heterocycles. The van der Waals surface area contributed by atoms with Gasteiger partial charge in [-0.15, -0.1) is 0 Å². The first-order chi connectivity index (χ1) is 14.1. The largest absolute Gasteiger partial charge is 0.497 e. The van der Waals surface area contributed by atoms with Crippen LogP contribution in [0, 0.1) is 5.92 Å². The minimum absolute atomic E-state index is 0.0831. The second-order valence-electron chi connectivity index (χ2n) is 7.67. The molecule has 29 heavy (non-hydrogen) atoms. The molecule has 3 aromatic carbocycles. The Kier molecular flexibility index (Phi) is 7.20. The van der Waals surface area contributed by atoms with E-state index in [1.165, 1.54) is 11.1 Å². The molecule has 0 amide bonds. The molecule has 0 aliphatic rings. The highest BCUT2D eigenvalue weighted by molar-refractivity contribution is 5.99. The van der Waals surface area contributed by atoms with Gasteiger partial charge in [0.1, 0.15) is 5.75 Å². The molecule has 0 heterocycles. The lowest BCUT2D eigenvalue weighted by atomic mass is 9.77. The number of carbonyl (C=O) groups excluding carboxylic acids is 1. The lowest BCUT2D eigenvalue weighted by Gasteiger charge is -2.29. The van der Waals surface area contributed by atoms with Gasteiger partial charge in [0.25, 0.3) is 0 Å². The second kappa shape index (κ2) is 10.0. The molecule has 0 fully saturated rings. The average molecular weight is 388 g/mol. The van der Waals surface area contributed by atoms with Crippen molar-refractivity contribution in [1.82, 2.24) is 4.90 Å². The molecule has 2 atom stereocenters. The van der Waals surface area contributed by atoms with E-state index in [1.54, 1.807) is 7.11 Å². The van der Waals surface area contributed by atoms with Gasteiger partial charge in [0.2, 0.25) is 0 Å². The smallest absolute Gasteiger partial charge is 0.167 e. The Morgan fingerprint density at radius 2 is 1.55 bits per heavy atom. The maximum Gasteiger partial charge on any atom is 0.167 e. The normalized spacial score (nSPS) is 13.1. The third-order valence-electron chi connectivity index (χ3n) is 5.26. The zero-order chi connectivity index (χ0) is 20.6. The average Bonchev–Trinajstić information content (AvgIpc) is 2.77. The second-order valence-corrected chi connectivity index (χ2v) is 7.67. The predicted octanol–water partition coefficient (Wildman–Crippen LogP) is 5.08. The van der Waals surface area contributed by atoms with Crippen molar-refractivity contribution in [2.45, 2.75) is 12.3 Å². The van der Waals surface area contributed by atoms with Crippen LogP contribution in [0.5, 0.6) is 5.75 Å². The predicted molar refractivity (Wildman–Crippen MR) is 119 cm³/mol. The van der Waals surface area contributed by atoms with Gasteiger partial charge in [-0.1, -0.05) is 72.8 Å². The summed E-state index contributed by atoms with van der Waals surface area (Å²) in [4.78, 5) is 15.8. The number of rotatable bonds is 9. The van der Waals surface area contributed by atoms with E-state index in [2.05, 4.69) is 53.4 Å². The van der Waals surface area contributed by atoms with Crippen molar-refractivity contribution in [3.05, 3.63) is 102 Å². The lowest BCUT2D eigenvalue weighted by molar-refractivity contribution is 0.0871. The van der Waals surface area contributed by atoms with Gasteiger partial charge in [0.05, 0.1) is 7.11 Å². The van der Waals surface area contributed by atoms with Crippen LogP contribution in [0.1, 0.15) is 27.4 Å². The first-order valence-electron chi connectivity index (χ1n) is 10.0. The van der Waals surface area contributed by atoms with E-state index in [4.69, 9.17) is 4.74 Å². The van der Waals surface area contributed by atoms with Gasteiger partial charge in [0, 0.05) is 18.0 Å². The number of hydrogen-bond donors (Lipinski definition) is 0. The Labute approximate surface area is 174 Å². The Morgan fingerprint density at radius 1 is 0.897 bits per heavy atom. The molecule has 0 aliphatic carbocycles. The standard InChI is InChI=1S/C26H29NO2/c1-27(2)19-25(26(28)22-15-10-16-23(18-22)29-3)24(21-13-8-5-9-14-21)17-20-11-6-4-7-12-20/h4-16,18,24-25H,17,19H2,1-3H3/t24-,25-/m1/s1. The maximum atomic E-state index is 13.7. The van der Waals surface area contributed by atoms with Gasteiger partial charge in [0.15, 0.2) is 5.78 Å². The van der Waals surface area contributed by atoms with E-state index in [-0.39, 0.29) is 17.6 Å². The van der Waals surface area contributed by atoms with Gasteiger partial charge < -0.3 is 9.64 Å². The SMILES string of the molecule is COc1cccc(C(=O)[C@H](CN(C)C)[C@H](Cc2ccccc2)c2ccccc2)c1. The number of hydrogen-bond acceptors (Lipinski definition) is 3. The summed E-state index contributed by atoms with van der Waals surface area (Å²) in [5.41, 5.74) is 3.13. The van der Waals surface area contributed by atoms with Gasteiger partial charge >= 0.3 is 0 Å². The van der Waals surface area contributed by atoms with Crippen molar-refractivity contribution in [2.75, 3.05) is 27.7 Å². The molecular weight excluding hydrogens is 358 g/mol. The van der Waals surface area contributed by atoms with Crippen LogP contribution in [0.25, 0.3) is 0 Å². The van der Waals surface area contributed by atoms with Crippen molar-refractivity contribution in [3.63, 3.8) is 0 Å². The number of ether oxygens (including phenoxy) is 1. The summed E-state index contributed by atoms with van der Waals surface area (Å²) in [5.74, 6) is 0.778. The molecular formula is C26H29NO2. The Morgan fingerprint density at radius 3 is 2.17 bits per heavy atom. The molecule has 0 N–H and O–H groups in total. The Balaban J connectivity index is 2.01. The highest BCUT2D eigenvalue weighted by Gasteiger charge is 2.31. The summed E-state index contributed by atoms with van der Waals surface area (Å²) < 4.78 is 5.34. The van der Waals surface area contributed by atoms with E-state index in [0.717, 1.165) is 6.42 Å². The number of carbonyl (C=O) groups is 1. The minimum atomic E-state index is -0.167. The molecule has 0 bridgehead atoms. The molecule has 3 nitrogen and oxygen atoms in total. The Bertz CT molecular complexity index is 906. The van der Waals surface area contributed by atoms with E-state index in [9.17, 15) is 4.79 Å². The molecule has 0 aliphatic heterocycles. The molecule has 0 spiro atoms. The van der Waals surface area contributed by atoms with Gasteiger partial charge in [-0.25, -0.2) is 0 Å². The number of methoxy groups -OCH3 is 1. The molecule has 3 heteroatoms. The van der Waals surface area contributed by atoms with Crippen LogP contribution in [0.3, 0.4) is 0 Å². The summed E-state index contributed by atoms with van der Waals surface area (Å²) in [6, 6.07) is 28.3. The lowest BCUT2D eigenvalue weighted by Crippen LogP contribution is -2.33. The quantitative estimate of drug-likeness (QED) is 0.480. The van der Waals surface area contributed by atoms with Crippen LogP contribution in [-0.4, -0.2) is 38.4 Å². The Hall–Kier alpha value is -2.91. The number of Topliss-reactive ketones (excluding diaryl/α,β-unsaturated/α-hetero) is 1. The molecule has 150 valence electrons. The van der Waals surface area contributed by atoms with Crippen molar-refractivity contribution in [3.8, 4) is 5.75 Å². The monoisotopic (exact) mass is 387 g/mol. The van der Waals surface area contributed by atoms with Crippen LogP contribution < -0.4 is 4.74 Å². The number of benzene rings is 3. The third-order valence-corrected chi connectivity index (χ3v) is 5.26. The number of ketones is 1. The van der Waals surface area contributed by atoms with Crippen LogP contribution in [0.15, 0.2) is 84.9 Å². The van der Waals surface area contributed by atoms with E-state index < -0.39 is 0 Å². The maximum absolute atomic E-state index is 13.7. The third kappa shape index (κ3) is 5.55. The van der Waals surface area contributed by atoms with Crippen LogP contribution >= 0.6 is 0 Å². The van der Waals surface area contributed by atoms with Crippen LogP contribution in [0.4, 0.5) is 0 Å². The first-order valence-corrected chi connectivity index (χ1v) is 10.0. The molecule has 3 aromatic rings. The fourth-order valence-corrected chi connectivity index (χ4v) is 3.84. The molecule has 0 radical (unpaired) electrons. The molecule has 0 saturated carbocycles. The fourth-order valence-electron chi connectivity index (χ4n) is 3.84. The van der Waals surface area contributed by atoms with Crippen LogP contribution in [-0.2, 0) is 6.42 Å². The zero-order valence-electron chi connectivity index (χ0n) is 17.4. The topological polar surface area (TPSA) is 29.5 Å². The van der Waals surface area contributed by atoms with E-state index in [0.29, 0.717) is 17.9 Å². The summed E-state index contributed by atoms with van der Waals surface area (Å²) >= 11 is 0. The first kappa shape index (κ1) is 20.8. The molecule has 3 rings (SSSR count). The van der Waals surface area contributed by atoms with E-state index in [1.807, 2.05) is 50.5 Å². The zero-order valence-corrected chi connectivity index (χ0v) is 17.4. The van der Waals surface area contributed by atoms with Gasteiger partial charge in [-0.05, 0) is 49.7 Å². The van der Waals surface area contributed by atoms with Gasteiger partial charge in [-0.3, -0.25) is 4.79 Å². The van der Waals surface area contributed by atoms with Crippen molar-refractivity contribution in [2.24, 2.45) is 5.92 Å². The molecule has 0 unspecified atom stereocenters.